The molecule has 2 unspecified atom stereocenters. The molecule has 2 heterocycles. The van der Waals surface area contributed by atoms with E-state index in [9.17, 15) is 5.11 Å². The zero-order chi connectivity index (χ0) is 9.26. The Labute approximate surface area is 81.5 Å². The van der Waals surface area contributed by atoms with Crippen LogP contribution in [0.3, 0.4) is 0 Å². The third-order valence-corrected chi connectivity index (χ3v) is 2.97. The maximum atomic E-state index is 9.42. The molecule has 13 heavy (non-hydrogen) atoms. The lowest BCUT2D eigenvalue weighted by molar-refractivity contribution is 0.173. The van der Waals surface area contributed by atoms with Crippen LogP contribution >= 0.6 is 11.7 Å². The van der Waals surface area contributed by atoms with E-state index in [1.807, 2.05) is 0 Å². The van der Waals surface area contributed by atoms with Crippen LogP contribution < -0.4 is 0 Å². The number of β-amino-alcohol motifs (C(OH)–C–C–N with tert-alkyl or cyclic N) is 1. The summed E-state index contributed by atoms with van der Waals surface area (Å²) >= 11 is 1.24. The van der Waals surface area contributed by atoms with Crippen LogP contribution in [0.25, 0.3) is 0 Å². The first-order valence-corrected chi connectivity index (χ1v) is 5.17. The van der Waals surface area contributed by atoms with E-state index in [0.29, 0.717) is 6.04 Å². The van der Waals surface area contributed by atoms with Gasteiger partial charge in [0.1, 0.15) is 0 Å². The number of likely N-dealkylation sites (tertiary alicyclic amines) is 1. The summed E-state index contributed by atoms with van der Waals surface area (Å²) in [6.45, 7) is 3.71. The Morgan fingerprint density at radius 3 is 3.15 bits per heavy atom. The van der Waals surface area contributed by atoms with Crippen molar-refractivity contribution in [2.75, 3.05) is 6.54 Å². The minimum Gasteiger partial charge on any atom is -0.392 e. The van der Waals surface area contributed by atoms with Gasteiger partial charge in [-0.1, -0.05) is 0 Å². The summed E-state index contributed by atoms with van der Waals surface area (Å²) < 4.78 is 8.10. The molecule has 2 atom stereocenters. The van der Waals surface area contributed by atoms with Crippen LogP contribution in [0.1, 0.15) is 19.0 Å². The van der Waals surface area contributed by atoms with Gasteiger partial charge in [0, 0.05) is 19.1 Å². The normalized spacial score (nSPS) is 29.7. The smallest absolute Gasteiger partial charge is 0.0883 e. The lowest BCUT2D eigenvalue weighted by Crippen LogP contribution is -2.27. The summed E-state index contributed by atoms with van der Waals surface area (Å²) in [7, 11) is 0. The standard InChI is InChI=1S/C8H13N3OS/c1-6-2-8(12)5-11(6)4-7-3-9-13-10-7/h3,6,8,12H,2,4-5H2,1H3. The van der Waals surface area contributed by atoms with Gasteiger partial charge in [-0.05, 0) is 13.3 Å². The quantitative estimate of drug-likeness (QED) is 0.753. The Hall–Kier alpha value is -0.520. The predicted octanol–water partition coefficient (Wildman–Crippen LogP) is 0.493. The Morgan fingerprint density at radius 2 is 2.62 bits per heavy atom. The van der Waals surface area contributed by atoms with Gasteiger partial charge in [-0.3, -0.25) is 4.90 Å². The first kappa shape index (κ1) is 9.05. The number of nitrogens with zero attached hydrogens (tertiary/aromatic N) is 3. The van der Waals surface area contributed by atoms with Crippen LogP contribution in [0, 0.1) is 0 Å². The SMILES string of the molecule is CC1CC(O)CN1Cc1cnsn1. The molecule has 0 spiro atoms. The Balaban J connectivity index is 1.95. The fourth-order valence-corrected chi connectivity index (χ4v) is 2.18. The van der Waals surface area contributed by atoms with Crippen molar-refractivity contribution in [1.29, 1.82) is 0 Å². The van der Waals surface area contributed by atoms with Crippen molar-refractivity contribution < 1.29 is 5.11 Å². The number of hydrogen-bond donors (Lipinski definition) is 1. The third kappa shape index (κ3) is 2.04. The van der Waals surface area contributed by atoms with Gasteiger partial charge in [-0.25, -0.2) is 0 Å². The number of hydrogen-bond acceptors (Lipinski definition) is 5. The average molecular weight is 199 g/mol. The molecule has 0 saturated carbocycles. The van der Waals surface area contributed by atoms with Gasteiger partial charge in [0.25, 0.3) is 0 Å². The molecule has 1 aromatic heterocycles. The van der Waals surface area contributed by atoms with Gasteiger partial charge in [0.05, 0.1) is 29.7 Å². The molecule has 1 saturated heterocycles. The van der Waals surface area contributed by atoms with Gasteiger partial charge in [-0.15, -0.1) is 0 Å². The lowest BCUT2D eigenvalue weighted by Gasteiger charge is -2.18. The molecule has 1 aliphatic rings. The summed E-state index contributed by atoms with van der Waals surface area (Å²) in [5, 5.41) is 9.42. The second-order valence-electron chi connectivity index (χ2n) is 3.57. The molecule has 2 rings (SSSR count). The predicted molar refractivity (Wildman–Crippen MR) is 50.4 cm³/mol. The van der Waals surface area contributed by atoms with Crippen LogP contribution in [0.5, 0.6) is 0 Å². The van der Waals surface area contributed by atoms with Crippen molar-refractivity contribution in [2.24, 2.45) is 0 Å². The van der Waals surface area contributed by atoms with Gasteiger partial charge >= 0.3 is 0 Å². The average Bonchev–Trinajstić information content (AvgIpc) is 2.63. The van der Waals surface area contributed by atoms with Crippen molar-refractivity contribution in [2.45, 2.75) is 32.0 Å². The van der Waals surface area contributed by atoms with Gasteiger partial charge in [-0.2, -0.15) is 8.75 Å². The van der Waals surface area contributed by atoms with E-state index in [4.69, 9.17) is 0 Å². The molecule has 0 radical (unpaired) electrons. The highest BCUT2D eigenvalue weighted by atomic mass is 32.1. The van der Waals surface area contributed by atoms with E-state index in [2.05, 4.69) is 20.6 Å². The van der Waals surface area contributed by atoms with E-state index in [0.717, 1.165) is 25.2 Å². The molecular formula is C8H13N3OS. The van der Waals surface area contributed by atoms with Crippen molar-refractivity contribution in [3.8, 4) is 0 Å². The minimum absolute atomic E-state index is 0.165. The molecule has 0 aliphatic carbocycles. The van der Waals surface area contributed by atoms with E-state index in [1.165, 1.54) is 11.7 Å². The Kier molecular flexibility index (Phi) is 2.57. The third-order valence-electron chi connectivity index (χ3n) is 2.45. The number of aromatic nitrogens is 2. The van der Waals surface area contributed by atoms with Crippen molar-refractivity contribution >= 4 is 11.7 Å². The van der Waals surface area contributed by atoms with Crippen molar-refractivity contribution in [3.05, 3.63) is 11.9 Å². The number of rotatable bonds is 2. The summed E-state index contributed by atoms with van der Waals surface area (Å²) in [5.74, 6) is 0. The van der Waals surface area contributed by atoms with Gasteiger partial charge in [0.2, 0.25) is 0 Å². The highest BCUT2D eigenvalue weighted by molar-refractivity contribution is 6.99. The summed E-state index contributed by atoms with van der Waals surface area (Å²) in [4.78, 5) is 2.24. The summed E-state index contributed by atoms with van der Waals surface area (Å²) in [6, 6.07) is 0.455. The molecular weight excluding hydrogens is 186 g/mol. The Bertz CT molecular complexity index is 264. The first-order valence-electron chi connectivity index (χ1n) is 4.44. The summed E-state index contributed by atoms with van der Waals surface area (Å²) in [5.41, 5.74) is 1.01. The number of aliphatic hydroxyl groups excluding tert-OH is 1. The minimum atomic E-state index is -0.165. The Morgan fingerprint density at radius 1 is 1.77 bits per heavy atom. The molecule has 0 bridgehead atoms. The van der Waals surface area contributed by atoms with Crippen molar-refractivity contribution in [3.63, 3.8) is 0 Å². The first-order chi connectivity index (χ1) is 6.25. The molecule has 1 aromatic rings. The zero-order valence-corrected chi connectivity index (χ0v) is 8.37. The van der Waals surface area contributed by atoms with Crippen LogP contribution in [-0.2, 0) is 6.54 Å². The van der Waals surface area contributed by atoms with Crippen molar-refractivity contribution in [1.82, 2.24) is 13.6 Å². The van der Waals surface area contributed by atoms with Crippen LogP contribution in [0.2, 0.25) is 0 Å². The lowest BCUT2D eigenvalue weighted by atomic mass is 10.2. The van der Waals surface area contributed by atoms with Gasteiger partial charge in [0.15, 0.2) is 0 Å². The summed E-state index contributed by atoms with van der Waals surface area (Å²) in [6.07, 6.45) is 2.50. The molecule has 0 aromatic carbocycles. The zero-order valence-electron chi connectivity index (χ0n) is 7.55. The largest absolute Gasteiger partial charge is 0.392 e. The van der Waals surface area contributed by atoms with E-state index >= 15 is 0 Å². The van der Waals surface area contributed by atoms with Crippen LogP contribution in [0.15, 0.2) is 6.20 Å². The van der Waals surface area contributed by atoms with Crippen LogP contribution in [0.4, 0.5) is 0 Å². The van der Waals surface area contributed by atoms with Gasteiger partial charge < -0.3 is 5.11 Å². The number of aliphatic hydroxyl groups is 1. The topological polar surface area (TPSA) is 49.2 Å². The fourth-order valence-electron chi connectivity index (χ4n) is 1.75. The monoisotopic (exact) mass is 199 g/mol. The maximum Gasteiger partial charge on any atom is 0.0883 e. The fraction of sp³-hybridized carbons (Fsp3) is 0.750. The molecule has 4 nitrogen and oxygen atoms in total. The van der Waals surface area contributed by atoms with Crippen LogP contribution in [-0.4, -0.2) is 37.4 Å². The highest BCUT2D eigenvalue weighted by Crippen LogP contribution is 2.19. The molecule has 1 fully saturated rings. The van der Waals surface area contributed by atoms with E-state index in [1.54, 1.807) is 6.20 Å². The second kappa shape index (κ2) is 3.69. The molecule has 1 aliphatic heterocycles. The molecule has 5 heteroatoms. The molecule has 72 valence electrons. The molecule has 1 N–H and O–H groups in total. The molecule has 0 amide bonds. The highest BCUT2D eigenvalue weighted by Gasteiger charge is 2.27. The van der Waals surface area contributed by atoms with E-state index < -0.39 is 0 Å². The van der Waals surface area contributed by atoms with E-state index in [-0.39, 0.29) is 6.10 Å². The maximum absolute atomic E-state index is 9.42. The second-order valence-corrected chi connectivity index (χ2v) is 4.12.